The monoisotopic (exact) mass is 203 g/mol. The van der Waals surface area contributed by atoms with Crippen LogP contribution in [0.5, 0.6) is 0 Å². The second-order valence-corrected chi connectivity index (χ2v) is 7.22. The van der Waals surface area contributed by atoms with Crippen LogP contribution in [0, 0.1) is 5.41 Å². The molecule has 0 bridgehead atoms. The largest absolute Gasteiger partial charge is 0.311 e. The molecule has 0 amide bonds. The molecule has 2 atom stereocenters. The Balaban J connectivity index is 2.12. The van der Waals surface area contributed by atoms with Crippen molar-refractivity contribution in [3.63, 3.8) is 0 Å². The first kappa shape index (κ1) is 9.46. The lowest BCUT2D eigenvalue weighted by molar-refractivity contribution is 0.366. The van der Waals surface area contributed by atoms with Crippen LogP contribution in [0.2, 0.25) is 0 Å². The molecular weight excluding hydrogens is 186 g/mol. The van der Waals surface area contributed by atoms with Crippen LogP contribution in [0.1, 0.15) is 26.7 Å². The van der Waals surface area contributed by atoms with Gasteiger partial charge in [0.1, 0.15) is 0 Å². The van der Waals surface area contributed by atoms with Crippen LogP contribution in [-0.4, -0.2) is 32.0 Å². The highest BCUT2D eigenvalue weighted by atomic mass is 32.2. The van der Waals surface area contributed by atoms with Crippen LogP contribution < -0.4 is 5.32 Å². The molecule has 1 N–H and O–H groups in total. The molecule has 1 aliphatic carbocycles. The highest BCUT2D eigenvalue weighted by Crippen LogP contribution is 2.49. The van der Waals surface area contributed by atoms with Crippen LogP contribution in [0.15, 0.2) is 0 Å². The molecular formula is C9H17NO2S. The van der Waals surface area contributed by atoms with Gasteiger partial charge >= 0.3 is 0 Å². The van der Waals surface area contributed by atoms with Crippen molar-refractivity contribution >= 4 is 9.84 Å². The molecule has 2 aliphatic rings. The predicted molar refractivity (Wildman–Crippen MR) is 52.4 cm³/mol. The molecule has 1 aliphatic heterocycles. The fourth-order valence-corrected chi connectivity index (χ4v) is 3.55. The Kier molecular flexibility index (Phi) is 1.97. The van der Waals surface area contributed by atoms with Crippen molar-refractivity contribution in [3.8, 4) is 0 Å². The molecule has 1 heterocycles. The summed E-state index contributed by atoms with van der Waals surface area (Å²) in [5.74, 6) is 0.338. The first-order chi connectivity index (χ1) is 5.94. The van der Waals surface area contributed by atoms with Gasteiger partial charge in [0.15, 0.2) is 9.84 Å². The molecule has 3 nitrogen and oxygen atoms in total. The van der Waals surface area contributed by atoms with E-state index >= 15 is 0 Å². The molecule has 1 saturated heterocycles. The maximum absolute atomic E-state index is 11.6. The maximum Gasteiger partial charge on any atom is 0.155 e. The van der Waals surface area contributed by atoms with Crippen LogP contribution in [-0.2, 0) is 9.84 Å². The summed E-state index contributed by atoms with van der Waals surface area (Å²) in [4.78, 5) is 0. The van der Waals surface area contributed by atoms with Gasteiger partial charge in [-0.25, -0.2) is 8.42 Å². The average Bonchev–Trinajstić information content (AvgIpc) is 2.75. The number of sulfone groups is 1. The molecule has 2 unspecified atom stereocenters. The van der Waals surface area contributed by atoms with Crippen molar-refractivity contribution < 1.29 is 8.42 Å². The zero-order valence-corrected chi connectivity index (χ0v) is 9.02. The summed E-state index contributed by atoms with van der Waals surface area (Å²) in [7, 11) is -2.82. The fourth-order valence-electron chi connectivity index (χ4n) is 1.88. The number of nitrogens with one attached hydrogen (secondary N) is 1. The fraction of sp³-hybridized carbons (Fsp3) is 1.00. The smallest absolute Gasteiger partial charge is 0.155 e. The Labute approximate surface area is 79.8 Å². The quantitative estimate of drug-likeness (QED) is 0.677. The summed E-state index contributed by atoms with van der Waals surface area (Å²) < 4.78 is 23.3. The van der Waals surface area contributed by atoms with Gasteiger partial charge in [-0.2, -0.15) is 0 Å². The minimum absolute atomic E-state index is 0.202. The lowest BCUT2D eigenvalue weighted by atomic mass is 10.0. The van der Waals surface area contributed by atoms with E-state index in [1.54, 1.807) is 6.92 Å². The first-order valence-electron chi connectivity index (χ1n) is 4.89. The summed E-state index contributed by atoms with van der Waals surface area (Å²) >= 11 is 0. The zero-order valence-electron chi connectivity index (χ0n) is 8.21. The van der Waals surface area contributed by atoms with E-state index in [0.717, 1.165) is 0 Å². The summed E-state index contributed by atoms with van der Waals surface area (Å²) in [6.45, 7) is 4.59. The minimum atomic E-state index is -2.82. The molecule has 76 valence electrons. The third-order valence-electron chi connectivity index (χ3n) is 3.54. The van der Waals surface area contributed by atoms with Gasteiger partial charge < -0.3 is 5.32 Å². The molecule has 0 radical (unpaired) electrons. The van der Waals surface area contributed by atoms with Gasteiger partial charge in [0.05, 0.1) is 11.0 Å². The Hall–Kier alpha value is -0.0900. The van der Waals surface area contributed by atoms with Crippen molar-refractivity contribution in [2.75, 3.05) is 12.3 Å². The summed E-state index contributed by atoms with van der Waals surface area (Å²) in [5, 5.41) is 3.15. The Morgan fingerprint density at radius 1 is 1.38 bits per heavy atom. The van der Waals surface area contributed by atoms with Crippen molar-refractivity contribution in [2.24, 2.45) is 5.41 Å². The predicted octanol–water partition coefficient (Wildman–Crippen LogP) is 0.562. The summed E-state index contributed by atoms with van der Waals surface area (Å²) in [6.07, 6.45) is 2.35. The molecule has 2 rings (SSSR count). The molecule has 13 heavy (non-hydrogen) atoms. The SMILES string of the molecule is CC1CNC(C2(C)CC2)CS1(=O)=O. The van der Waals surface area contributed by atoms with Crippen LogP contribution in [0.4, 0.5) is 0 Å². The zero-order chi connectivity index (χ0) is 9.69. The van der Waals surface area contributed by atoms with E-state index in [2.05, 4.69) is 12.2 Å². The number of rotatable bonds is 1. The van der Waals surface area contributed by atoms with Gasteiger partial charge in [0.25, 0.3) is 0 Å². The van der Waals surface area contributed by atoms with Crippen molar-refractivity contribution in [3.05, 3.63) is 0 Å². The van der Waals surface area contributed by atoms with Crippen molar-refractivity contribution in [2.45, 2.75) is 38.0 Å². The van der Waals surface area contributed by atoms with Crippen LogP contribution in [0.25, 0.3) is 0 Å². The topological polar surface area (TPSA) is 46.2 Å². The molecule has 1 saturated carbocycles. The van der Waals surface area contributed by atoms with E-state index in [1.165, 1.54) is 12.8 Å². The lowest BCUT2D eigenvalue weighted by Crippen LogP contribution is -2.52. The first-order valence-corrected chi connectivity index (χ1v) is 6.60. The van der Waals surface area contributed by atoms with Crippen LogP contribution in [0.3, 0.4) is 0 Å². The molecule has 0 aromatic heterocycles. The third-order valence-corrected chi connectivity index (χ3v) is 5.73. The molecule has 2 fully saturated rings. The second kappa shape index (κ2) is 2.70. The van der Waals surface area contributed by atoms with Crippen LogP contribution >= 0.6 is 0 Å². The van der Waals surface area contributed by atoms with Crippen molar-refractivity contribution in [1.82, 2.24) is 5.32 Å². The molecule has 0 spiro atoms. The third kappa shape index (κ3) is 1.62. The standard InChI is InChI=1S/C9H17NO2S/c1-7-5-10-8(6-13(7,11)12)9(2)3-4-9/h7-8,10H,3-6H2,1-2H3. The maximum atomic E-state index is 11.6. The minimum Gasteiger partial charge on any atom is -0.311 e. The Bertz CT molecular complexity index is 306. The summed E-state index contributed by atoms with van der Waals surface area (Å²) in [6, 6.07) is 0.202. The Morgan fingerprint density at radius 3 is 2.46 bits per heavy atom. The second-order valence-electron chi connectivity index (χ2n) is 4.76. The highest BCUT2D eigenvalue weighted by Gasteiger charge is 2.48. The van der Waals surface area contributed by atoms with E-state index in [0.29, 0.717) is 12.3 Å². The Morgan fingerprint density at radius 2 is 2.00 bits per heavy atom. The van der Waals surface area contributed by atoms with Crippen molar-refractivity contribution in [1.29, 1.82) is 0 Å². The number of hydrogen-bond donors (Lipinski definition) is 1. The molecule has 0 aromatic carbocycles. The summed E-state index contributed by atoms with van der Waals surface area (Å²) in [5.41, 5.74) is 0.271. The van der Waals surface area contributed by atoms with E-state index in [9.17, 15) is 8.42 Å². The lowest BCUT2D eigenvalue weighted by Gasteiger charge is -2.32. The van der Waals surface area contributed by atoms with Gasteiger partial charge in [-0.15, -0.1) is 0 Å². The molecule has 0 aromatic rings. The van der Waals surface area contributed by atoms with E-state index in [-0.39, 0.29) is 16.7 Å². The van der Waals surface area contributed by atoms with E-state index in [1.807, 2.05) is 0 Å². The molecule has 4 heteroatoms. The normalized spacial score (nSPS) is 41.4. The van der Waals surface area contributed by atoms with Gasteiger partial charge in [-0.05, 0) is 25.2 Å². The number of hydrogen-bond acceptors (Lipinski definition) is 3. The van der Waals surface area contributed by atoms with E-state index < -0.39 is 9.84 Å². The van der Waals surface area contributed by atoms with Gasteiger partial charge in [0.2, 0.25) is 0 Å². The highest BCUT2D eigenvalue weighted by molar-refractivity contribution is 7.92. The van der Waals surface area contributed by atoms with Gasteiger partial charge in [0, 0.05) is 12.6 Å². The van der Waals surface area contributed by atoms with E-state index in [4.69, 9.17) is 0 Å². The average molecular weight is 203 g/mol. The van der Waals surface area contributed by atoms with Gasteiger partial charge in [-0.1, -0.05) is 6.92 Å². The van der Waals surface area contributed by atoms with Gasteiger partial charge in [-0.3, -0.25) is 0 Å².